The number of nitriles is 1. The van der Waals surface area contributed by atoms with E-state index in [1.165, 1.54) is 24.4 Å². The number of hydrogen-bond acceptors (Lipinski definition) is 5. The third-order valence-corrected chi connectivity index (χ3v) is 4.35. The van der Waals surface area contributed by atoms with Crippen molar-refractivity contribution in [3.05, 3.63) is 46.7 Å². The van der Waals surface area contributed by atoms with E-state index in [1.54, 1.807) is 6.07 Å². The molecule has 0 aliphatic carbocycles. The summed E-state index contributed by atoms with van der Waals surface area (Å²) in [4.78, 5) is 3.61. The molecule has 0 fully saturated rings. The summed E-state index contributed by atoms with van der Waals surface area (Å²) in [5.41, 5.74) is 6.09. The first-order chi connectivity index (χ1) is 9.44. The number of anilines is 2. The van der Waals surface area contributed by atoms with Gasteiger partial charge >= 0.3 is 0 Å². The van der Waals surface area contributed by atoms with Crippen LogP contribution in [0.2, 0.25) is 0 Å². The number of pyridine rings is 1. The number of sulfonamides is 1. The van der Waals surface area contributed by atoms with Crippen molar-refractivity contribution in [1.82, 2.24) is 4.98 Å². The lowest BCUT2D eigenvalue weighted by Crippen LogP contribution is -2.15. The lowest BCUT2D eigenvalue weighted by molar-refractivity contribution is 0.601. The van der Waals surface area contributed by atoms with Crippen molar-refractivity contribution >= 4 is 37.3 Å². The van der Waals surface area contributed by atoms with Crippen LogP contribution in [0.5, 0.6) is 0 Å². The van der Waals surface area contributed by atoms with Gasteiger partial charge in [-0.3, -0.25) is 9.71 Å². The van der Waals surface area contributed by atoms with Gasteiger partial charge in [0, 0.05) is 16.9 Å². The largest absolute Gasteiger partial charge is 0.398 e. The molecule has 3 N–H and O–H groups in total. The van der Waals surface area contributed by atoms with Crippen molar-refractivity contribution in [2.75, 3.05) is 10.5 Å². The molecule has 8 heteroatoms. The molecular formula is C12H9BrN4O2S. The van der Waals surface area contributed by atoms with Crippen LogP contribution in [0.1, 0.15) is 5.56 Å². The molecule has 0 aliphatic rings. The minimum Gasteiger partial charge on any atom is -0.398 e. The number of benzene rings is 1. The van der Waals surface area contributed by atoms with Crippen molar-refractivity contribution in [3.8, 4) is 6.07 Å². The molecule has 0 unspecified atom stereocenters. The Morgan fingerprint density at radius 2 is 2.10 bits per heavy atom. The Kier molecular flexibility index (Phi) is 3.92. The molecule has 1 aromatic heterocycles. The molecule has 1 heterocycles. The van der Waals surface area contributed by atoms with Crippen LogP contribution in [0.4, 0.5) is 11.4 Å². The summed E-state index contributed by atoms with van der Waals surface area (Å²) in [6.45, 7) is 0. The standard InChI is InChI=1S/C12H9BrN4O2S/c13-9-1-2-11(8(5-9)6-14)17-20(18,19)12-7-16-4-3-10(12)15/h1-5,7,17H,(H2,15,16). The summed E-state index contributed by atoms with van der Waals surface area (Å²) in [6, 6.07) is 7.95. The first-order valence-electron chi connectivity index (χ1n) is 5.36. The Morgan fingerprint density at radius 3 is 2.75 bits per heavy atom. The van der Waals surface area contributed by atoms with Crippen molar-refractivity contribution < 1.29 is 8.42 Å². The number of halogens is 1. The molecule has 102 valence electrons. The molecule has 20 heavy (non-hydrogen) atoms. The monoisotopic (exact) mass is 352 g/mol. The second kappa shape index (κ2) is 5.48. The normalized spacial score (nSPS) is 10.8. The van der Waals surface area contributed by atoms with Gasteiger partial charge in [-0.25, -0.2) is 8.42 Å². The maximum absolute atomic E-state index is 12.2. The molecule has 2 rings (SSSR count). The zero-order valence-corrected chi connectivity index (χ0v) is 12.4. The number of rotatable bonds is 3. The van der Waals surface area contributed by atoms with Crippen LogP contribution in [0.15, 0.2) is 46.0 Å². The van der Waals surface area contributed by atoms with E-state index in [0.717, 1.165) is 6.20 Å². The molecule has 0 saturated carbocycles. The van der Waals surface area contributed by atoms with Crippen LogP contribution in [0.3, 0.4) is 0 Å². The van der Waals surface area contributed by atoms with Crippen LogP contribution in [-0.4, -0.2) is 13.4 Å². The summed E-state index contributed by atoms with van der Waals surface area (Å²) in [7, 11) is -3.89. The number of aromatic nitrogens is 1. The van der Waals surface area contributed by atoms with E-state index >= 15 is 0 Å². The second-order valence-electron chi connectivity index (χ2n) is 3.82. The zero-order valence-electron chi connectivity index (χ0n) is 10.0. The SMILES string of the molecule is N#Cc1cc(Br)ccc1NS(=O)(=O)c1cnccc1N. The molecule has 0 saturated heterocycles. The minimum absolute atomic E-state index is 0.0862. The van der Waals surface area contributed by atoms with E-state index in [2.05, 4.69) is 25.6 Å². The van der Waals surface area contributed by atoms with Gasteiger partial charge in [-0.1, -0.05) is 15.9 Å². The molecule has 1 aromatic carbocycles. The Bertz CT molecular complexity index is 799. The maximum Gasteiger partial charge on any atom is 0.265 e. The van der Waals surface area contributed by atoms with E-state index < -0.39 is 10.0 Å². The highest BCUT2D eigenvalue weighted by molar-refractivity contribution is 9.10. The average molecular weight is 353 g/mol. The van der Waals surface area contributed by atoms with Gasteiger partial charge in [0.05, 0.1) is 16.9 Å². The molecule has 0 amide bonds. The van der Waals surface area contributed by atoms with Crippen molar-refractivity contribution in [2.24, 2.45) is 0 Å². The van der Waals surface area contributed by atoms with Gasteiger partial charge in [0.15, 0.2) is 0 Å². The molecular weight excluding hydrogens is 344 g/mol. The summed E-state index contributed by atoms with van der Waals surface area (Å²) < 4.78 is 27.5. The highest BCUT2D eigenvalue weighted by Crippen LogP contribution is 2.24. The fraction of sp³-hybridized carbons (Fsp3) is 0. The average Bonchev–Trinajstić information content (AvgIpc) is 2.41. The van der Waals surface area contributed by atoms with Gasteiger partial charge in [-0.15, -0.1) is 0 Å². The molecule has 0 aliphatic heterocycles. The predicted octanol–water partition coefficient (Wildman–Crippen LogP) is 2.10. The summed E-state index contributed by atoms with van der Waals surface area (Å²) in [5.74, 6) is 0. The molecule has 0 radical (unpaired) electrons. The summed E-state index contributed by atoms with van der Waals surface area (Å²) in [5, 5.41) is 9.02. The fourth-order valence-electron chi connectivity index (χ4n) is 1.51. The quantitative estimate of drug-likeness (QED) is 0.878. The lowest BCUT2D eigenvalue weighted by Gasteiger charge is -2.10. The van der Waals surface area contributed by atoms with E-state index in [9.17, 15) is 8.42 Å². The van der Waals surface area contributed by atoms with Crippen LogP contribution < -0.4 is 10.5 Å². The first-order valence-corrected chi connectivity index (χ1v) is 7.63. The van der Waals surface area contributed by atoms with Gasteiger partial charge in [0.25, 0.3) is 10.0 Å². The van der Waals surface area contributed by atoms with E-state index in [0.29, 0.717) is 4.47 Å². The van der Waals surface area contributed by atoms with Gasteiger partial charge in [0.2, 0.25) is 0 Å². The number of nitrogen functional groups attached to an aromatic ring is 1. The maximum atomic E-state index is 12.2. The molecule has 0 spiro atoms. The first kappa shape index (κ1) is 14.3. The predicted molar refractivity (Wildman–Crippen MR) is 78.3 cm³/mol. The number of hydrogen-bond donors (Lipinski definition) is 2. The Labute approximate surface area is 124 Å². The summed E-state index contributed by atoms with van der Waals surface area (Å²) >= 11 is 3.21. The third kappa shape index (κ3) is 2.89. The number of nitrogens with two attached hydrogens (primary N) is 1. The van der Waals surface area contributed by atoms with E-state index in [1.807, 2.05) is 6.07 Å². The van der Waals surface area contributed by atoms with Crippen LogP contribution >= 0.6 is 15.9 Å². The highest BCUT2D eigenvalue weighted by Gasteiger charge is 2.19. The Morgan fingerprint density at radius 1 is 1.35 bits per heavy atom. The number of nitrogens with one attached hydrogen (secondary N) is 1. The van der Waals surface area contributed by atoms with Crippen molar-refractivity contribution in [3.63, 3.8) is 0 Å². The van der Waals surface area contributed by atoms with Crippen LogP contribution in [0, 0.1) is 11.3 Å². The van der Waals surface area contributed by atoms with Gasteiger partial charge < -0.3 is 5.73 Å². The Balaban J connectivity index is 2.45. The highest BCUT2D eigenvalue weighted by atomic mass is 79.9. The van der Waals surface area contributed by atoms with Gasteiger partial charge in [-0.2, -0.15) is 5.26 Å². The van der Waals surface area contributed by atoms with Crippen LogP contribution in [0.25, 0.3) is 0 Å². The molecule has 0 atom stereocenters. The smallest absolute Gasteiger partial charge is 0.265 e. The van der Waals surface area contributed by atoms with Gasteiger partial charge in [-0.05, 0) is 24.3 Å². The fourth-order valence-corrected chi connectivity index (χ4v) is 3.03. The molecule has 6 nitrogen and oxygen atoms in total. The zero-order chi connectivity index (χ0) is 14.8. The van der Waals surface area contributed by atoms with E-state index in [4.69, 9.17) is 11.0 Å². The van der Waals surface area contributed by atoms with E-state index in [-0.39, 0.29) is 21.8 Å². The minimum atomic E-state index is -3.89. The third-order valence-electron chi connectivity index (χ3n) is 2.45. The van der Waals surface area contributed by atoms with Gasteiger partial charge in [0.1, 0.15) is 11.0 Å². The summed E-state index contributed by atoms with van der Waals surface area (Å²) in [6.07, 6.45) is 2.55. The Hall–Kier alpha value is -2.11. The van der Waals surface area contributed by atoms with Crippen molar-refractivity contribution in [2.45, 2.75) is 4.90 Å². The second-order valence-corrected chi connectivity index (χ2v) is 6.39. The molecule has 2 aromatic rings. The van der Waals surface area contributed by atoms with Crippen molar-refractivity contribution in [1.29, 1.82) is 5.26 Å². The molecule has 0 bridgehead atoms. The van der Waals surface area contributed by atoms with Crippen LogP contribution in [-0.2, 0) is 10.0 Å². The number of nitrogens with zero attached hydrogens (tertiary/aromatic N) is 2. The lowest BCUT2D eigenvalue weighted by atomic mass is 10.2. The topological polar surface area (TPSA) is 109 Å².